The molecule has 2 aliphatic rings. The molecule has 0 unspecified atom stereocenters. The summed E-state index contributed by atoms with van der Waals surface area (Å²) in [6.07, 6.45) is 6.75. The lowest BCUT2D eigenvalue weighted by Gasteiger charge is -2.24. The Balaban J connectivity index is 1.60. The number of rotatable bonds is 5. The zero-order valence-electron chi connectivity index (χ0n) is 14.2. The van der Waals surface area contributed by atoms with Gasteiger partial charge in [-0.25, -0.2) is 0 Å². The van der Waals surface area contributed by atoms with Crippen LogP contribution < -0.4 is 10.1 Å². The predicted molar refractivity (Wildman–Crippen MR) is 93.2 cm³/mol. The molecule has 0 spiro atoms. The van der Waals surface area contributed by atoms with Crippen LogP contribution in [0.2, 0.25) is 0 Å². The number of nitrogens with zero attached hydrogens (tertiary/aromatic N) is 1. The fourth-order valence-electron chi connectivity index (χ4n) is 3.89. The minimum absolute atomic E-state index is 0.0523. The van der Waals surface area contributed by atoms with E-state index >= 15 is 0 Å². The number of hydrogen-bond acceptors (Lipinski definition) is 4. The van der Waals surface area contributed by atoms with Crippen molar-refractivity contribution in [1.29, 1.82) is 0 Å². The second kappa shape index (κ2) is 6.84. The smallest absolute Gasteiger partial charge is 0.226 e. The van der Waals surface area contributed by atoms with Gasteiger partial charge in [-0.05, 0) is 48.6 Å². The van der Waals surface area contributed by atoms with Crippen molar-refractivity contribution in [2.24, 2.45) is 5.92 Å². The van der Waals surface area contributed by atoms with E-state index in [-0.39, 0.29) is 30.1 Å². The Hall–Kier alpha value is -2.40. The number of hydrogen-bond donors (Lipinski definition) is 1. The molecule has 130 valence electrons. The molecule has 2 saturated heterocycles. The number of ether oxygens (including phenoxy) is 2. The SMILES string of the molecule is COc1cccc([C@H](NC(=O)[C@@H]2C[C@H]3CC[C@H]2O3)c2cccnc2)c1. The molecule has 25 heavy (non-hydrogen) atoms. The van der Waals surface area contributed by atoms with Crippen molar-refractivity contribution in [3.8, 4) is 5.75 Å². The molecule has 1 aromatic carbocycles. The minimum Gasteiger partial charge on any atom is -0.497 e. The quantitative estimate of drug-likeness (QED) is 0.911. The van der Waals surface area contributed by atoms with Gasteiger partial charge in [-0.1, -0.05) is 18.2 Å². The first kappa shape index (κ1) is 16.1. The molecule has 0 radical (unpaired) electrons. The Morgan fingerprint density at radius 3 is 2.84 bits per heavy atom. The average molecular weight is 338 g/mol. The summed E-state index contributed by atoms with van der Waals surface area (Å²) in [5.41, 5.74) is 1.93. The number of nitrogens with one attached hydrogen (secondary N) is 1. The highest BCUT2D eigenvalue weighted by atomic mass is 16.5. The maximum absolute atomic E-state index is 12.9. The third kappa shape index (κ3) is 3.24. The summed E-state index contributed by atoms with van der Waals surface area (Å²) in [6, 6.07) is 11.4. The standard InChI is InChI=1S/C20H22N2O3/c1-24-15-6-2-4-13(10-15)19(14-5-3-9-21-12-14)22-20(23)17-11-16-7-8-18(17)25-16/h2-6,9-10,12,16-19H,7-8,11H2,1H3,(H,22,23)/t16-,17-,18-,19+/m1/s1. The molecule has 4 atom stereocenters. The number of pyridine rings is 1. The Kier molecular flexibility index (Phi) is 4.40. The molecule has 1 amide bonds. The molecule has 0 aliphatic carbocycles. The summed E-state index contributed by atoms with van der Waals surface area (Å²) in [5.74, 6) is 0.774. The zero-order chi connectivity index (χ0) is 17.2. The summed E-state index contributed by atoms with van der Waals surface area (Å²) in [5, 5.41) is 3.21. The highest BCUT2D eigenvalue weighted by Crippen LogP contribution is 2.39. The molecule has 4 rings (SSSR count). The first-order valence-corrected chi connectivity index (χ1v) is 8.74. The van der Waals surface area contributed by atoms with Gasteiger partial charge >= 0.3 is 0 Å². The molecule has 3 heterocycles. The Bertz CT molecular complexity index is 750. The molecule has 1 N–H and O–H groups in total. The van der Waals surface area contributed by atoms with Crippen molar-refractivity contribution in [3.05, 3.63) is 59.9 Å². The number of fused-ring (bicyclic) bond motifs is 2. The first-order valence-electron chi connectivity index (χ1n) is 8.74. The van der Waals surface area contributed by atoms with E-state index < -0.39 is 0 Å². The van der Waals surface area contributed by atoms with E-state index in [0.717, 1.165) is 36.1 Å². The van der Waals surface area contributed by atoms with E-state index in [1.807, 2.05) is 36.4 Å². The number of carbonyl (C=O) groups is 1. The van der Waals surface area contributed by atoms with Gasteiger partial charge in [-0.2, -0.15) is 0 Å². The number of amides is 1. The van der Waals surface area contributed by atoms with Crippen molar-refractivity contribution in [3.63, 3.8) is 0 Å². The largest absolute Gasteiger partial charge is 0.497 e. The zero-order valence-corrected chi connectivity index (χ0v) is 14.2. The molecule has 2 aliphatic heterocycles. The summed E-state index contributed by atoms with van der Waals surface area (Å²) < 4.78 is 11.2. The maximum atomic E-state index is 12.9. The minimum atomic E-state index is -0.254. The summed E-state index contributed by atoms with van der Waals surface area (Å²) >= 11 is 0. The van der Waals surface area contributed by atoms with Crippen molar-refractivity contribution in [2.75, 3.05) is 7.11 Å². The van der Waals surface area contributed by atoms with Crippen molar-refractivity contribution < 1.29 is 14.3 Å². The Labute approximate surface area is 147 Å². The van der Waals surface area contributed by atoms with E-state index in [9.17, 15) is 4.79 Å². The average Bonchev–Trinajstić information content (AvgIpc) is 3.30. The molecule has 1 aromatic heterocycles. The Morgan fingerprint density at radius 2 is 2.16 bits per heavy atom. The topological polar surface area (TPSA) is 60.5 Å². The lowest BCUT2D eigenvalue weighted by Crippen LogP contribution is -2.38. The van der Waals surface area contributed by atoms with Crippen LogP contribution in [0.4, 0.5) is 0 Å². The van der Waals surface area contributed by atoms with Gasteiger partial charge in [0.05, 0.1) is 31.3 Å². The van der Waals surface area contributed by atoms with Crippen molar-refractivity contribution >= 4 is 5.91 Å². The first-order chi connectivity index (χ1) is 12.2. The van der Waals surface area contributed by atoms with Crippen LogP contribution in [0.3, 0.4) is 0 Å². The third-order valence-electron chi connectivity index (χ3n) is 5.17. The second-order valence-corrected chi connectivity index (χ2v) is 6.72. The number of carbonyl (C=O) groups excluding carboxylic acids is 1. The lowest BCUT2D eigenvalue weighted by molar-refractivity contribution is -0.127. The molecule has 2 fully saturated rings. The van der Waals surface area contributed by atoms with Crippen LogP contribution in [0, 0.1) is 5.92 Å². The van der Waals surface area contributed by atoms with Crippen LogP contribution >= 0.6 is 0 Å². The molecule has 2 bridgehead atoms. The number of benzene rings is 1. The molecular formula is C20H22N2O3. The van der Waals surface area contributed by atoms with Gasteiger partial charge in [0.15, 0.2) is 0 Å². The van der Waals surface area contributed by atoms with E-state index in [2.05, 4.69) is 10.3 Å². The highest BCUT2D eigenvalue weighted by molar-refractivity contribution is 5.80. The van der Waals surface area contributed by atoms with Crippen LogP contribution in [0.15, 0.2) is 48.8 Å². The maximum Gasteiger partial charge on any atom is 0.226 e. The summed E-state index contributed by atoms with van der Waals surface area (Å²) in [4.78, 5) is 17.1. The fourth-order valence-corrected chi connectivity index (χ4v) is 3.89. The molecule has 0 saturated carbocycles. The summed E-state index contributed by atoms with van der Waals surface area (Å²) in [6.45, 7) is 0. The fraction of sp³-hybridized carbons (Fsp3) is 0.400. The van der Waals surface area contributed by atoms with Crippen LogP contribution in [0.5, 0.6) is 5.75 Å². The van der Waals surface area contributed by atoms with Gasteiger partial charge in [-0.15, -0.1) is 0 Å². The van der Waals surface area contributed by atoms with Crippen molar-refractivity contribution in [1.82, 2.24) is 10.3 Å². The van der Waals surface area contributed by atoms with Gasteiger partial charge in [0.25, 0.3) is 0 Å². The van der Waals surface area contributed by atoms with Crippen LogP contribution in [-0.4, -0.2) is 30.2 Å². The molecular weight excluding hydrogens is 316 g/mol. The number of aromatic nitrogens is 1. The van der Waals surface area contributed by atoms with E-state index in [0.29, 0.717) is 0 Å². The predicted octanol–water partition coefficient (Wildman–Crippen LogP) is 2.86. The molecule has 2 aromatic rings. The highest BCUT2D eigenvalue weighted by Gasteiger charge is 2.44. The van der Waals surface area contributed by atoms with E-state index in [1.54, 1.807) is 19.5 Å². The van der Waals surface area contributed by atoms with Gasteiger partial charge < -0.3 is 14.8 Å². The van der Waals surface area contributed by atoms with Gasteiger partial charge in [-0.3, -0.25) is 9.78 Å². The van der Waals surface area contributed by atoms with Gasteiger partial charge in [0.2, 0.25) is 5.91 Å². The molecule has 5 nitrogen and oxygen atoms in total. The van der Waals surface area contributed by atoms with Crippen LogP contribution in [-0.2, 0) is 9.53 Å². The molecule has 5 heteroatoms. The normalized spacial score (nSPS) is 25.6. The van der Waals surface area contributed by atoms with Gasteiger partial charge in [0.1, 0.15) is 5.75 Å². The lowest BCUT2D eigenvalue weighted by atomic mass is 9.88. The van der Waals surface area contributed by atoms with E-state index in [4.69, 9.17) is 9.47 Å². The van der Waals surface area contributed by atoms with Gasteiger partial charge in [0, 0.05) is 12.4 Å². The Morgan fingerprint density at radius 1 is 1.28 bits per heavy atom. The van der Waals surface area contributed by atoms with Crippen LogP contribution in [0.25, 0.3) is 0 Å². The van der Waals surface area contributed by atoms with Crippen LogP contribution in [0.1, 0.15) is 36.4 Å². The monoisotopic (exact) mass is 338 g/mol. The number of methoxy groups -OCH3 is 1. The third-order valence-corrected chi connectivity index (χ3v) is 5.17. The van der Waals surface area contributed by atoms with Crippen molar-refractivity contribution in [2.45, 2.75) is 37.5 Å². The van der Waals surface area contributed by atoms with E-state index in [1.165, 1.54) is 0 Å². The second-order valence-electron chi connectivity index (χ2n) is 6.72. The summed E-state index contributed by atoms with van der Waals surface area (Å²) in [7, 11) is 1.64.